The molecule has 0 saturated heterocycles. The number of ether oxygens (including phenoxy) is 1. The molecule has 1 rings (SSSR count). The molecule has 0 saturated carbocycles. The molecule has 3 nitrogen and oxygen atoms in total. The van der Waals surface area contributed by atoms with Gasteiger partial charge in [0.2, 0.25) is 0 Å². The van der Waals surface area contributed by atoms with Crippen LogP contribution in [-0.4, -0.2) is 18.6 Å². The fourth-order valence-corrected chi connectivity index (χ4v) is 1.43. The van der Waals surface area contributed by atoms with Gasteiger partial charge >= 0.3 is 0 Å². The number of hydrogen-bond donors (Lipinski definition) is 1. The van der Waals surface area contributed by atoms with Gasteiger partial charge < -0.3 is 10.1 Å². The molecule has 0 heterocycles. The molecule has 1 amide bonds. The van der Waals surface area contributed by atoms with Gasteiger partial charge in [-0.1, -0.05) is 25.0 Å². The van der Waals surface area contributed by atoms with E-state index in [9.17, 15) is 4.79 Å². The van der Waals surface area contributed by atoms with Crippen molar-refractivity contribution in [1.82, 2.24) is 5.32 Å². The topological polar surface area (TPSA) is 38.3 Å². The van der Waals surface area contributed by atoms with E-state index in [1.54, 1.807) is 18.2 Å². The van der Waals surface area contributed by atoms with Crippen molar-refractivity contribution in [3.63, 3.8) is 0 Å². The summed E-state index contributed by atoms with van der Waals surface area (Å²) in [5.74, 6) is 2.92. The van der Waals surface area contributed by atoms with Gasteiger partial charge in [0.15, 0.2) is 0 Å². The first-order valence-corrected chi connectivity index (χ1v) is 5.71. The van der Waals surface area contributed by atoms with Crippen molar-refractivity contribution < 1.29 is 9.53 Å². The van der Waals surface area contributed by atoms with Crippen LogP contribution in [0.5, 0.6) is 5.75 Å². The second-order valence-electron chi connectivity index (χ2n) is 3.53. The van der Waals surface area contributed by atoms with Crippen molar-refractivity contribution >= 4 is 5.91 Å². The minimum Gasteiger partial charge on any atom is -0.493 e. The summed E-state index contributed by atoms with van der Waals surface area (Å²) in [5, 5.41) is 2.78. The van der Waals surface area contributed by atoms with E-state index in [1.807, 2.05) is 19.9 Å². The Bertz CT molecular complexity index is 420. The number of carbonyl (C=O) groups excluding carboxylic acids is 1. The Kier molecular flexibility index (Phi) is 5.09. The molecule has 1 N–H and O–H groups in total. The van der Waals surface area contributed by atoms with Crippen molar-refractivity contribution in [3.8, 4) is 18.1 Å². The molecule has 1 aromatic carbocycles. The van der Waals surface area contributed by atoms with Crippen molar-refractivity contribution in [2.75, 3.05) is 6.61 Å². The fraction of sp³-hybridized carbons (Fsp3) is 0.357. The van der Waals surface area contributed by atoms with Crippen LogP contribution < -0.4 is 10.1 Å². The largest absolute Gasteiger partial charge is 0.493 e. The third-order valence-electron chi connectivity index (χ3n) is 2.35. The second-order valence-corrected chi connectivity index (χ2v) is 3.53. The average molecular weight is 231 g/mol. The lowest BCUT2D eigenvalue weighted by Crippen LogP contribution is -2.33. The zero-order valence-corrected chi connectivity index (χ0v) is 10.2. The molecular weight excluding hydrogens is 214 g/mol. The lowest BCUT2D eigenvalue weighted by atomic mass is 10.1. The van der Waals surface area contributed by atoms with Crippen molar-refractivity contribution in [3.05, 3.63) is 29.8 Å². The molecule has 0 radical (unpaired) electrons. The number of carbonyl (C=O) groups is 1. The molecule has 0 aliphatic heterocycles. The SMILES string of the molecule is C#CC(CC)NC(=O)c1ccccc1OCC. The van der Waals surface area contributed by atoms with Crippen LogP contribution in [0.1, 0.15) is 30.6 Å². The summed E-state index contributed by atoms with van der Waals surface area (Å²) in [7, 11) is 0. The van der Waals surface area contributed by atoms with Crippen LogP contribution in [0.25, 0.3) is 0 Å². The standard InChI is InChI=1S/C14H17NO2/c1-4-11(5-2)15-14(16)12-9-7-8-10-13(12)17-6-3/h1,7-11H,5-6H2,2-3H3,(H,15,16). The summed E-state index contributed by atoms with van der Waals surface area (Å²) < 4.78 is 5.39. The van der Waals surface area contributed by atoms with E-state index in [0.717, 1.165) is 0 Å². The summed E-state index contributed by atoms with van der Waals surface area (Å²) in [4.78, 5) is 12.0. The Morgan fingerprint density at radius 1 is 1.47 bits per heavy atom. The summed E-state index contributed by atoms with van der Waals surface area (Å²) in [6.45, 7) is 4.33. The molecule has 3 heteroatoms. The Morgan fingerprint density at radius 2 is 2.18 bits per heavy atom. The summed E-state index contributed by atoms with van der Waals surface area (Å²) in [6.07, 6.45) is 6.02. The second kappa shape index (κ2) is 6.59. The summed E-state index contributed by atoms with van der Waals surface area (Å²) >= 11 is 0. The van der Waals surface area contributed by atoms with Crippen molar-refractivity contribution in [2.24, 2.45) is 0 Å². The van der Waals surface area contributed by atoms with E-state index in [-0.39, 0.29) is 11.9 Å². The molecule has 1 aromatic rings. The van der Waals surface area contributed by atoms with Gasteiger partial charge in [0.05, 0.1) is 18.2 Å². The Balaban J connectivity index is 2.85. The molecule has 0 aliphatic rings. The molecule has 1 atom stereocenters. The van der Waals surface area contributed by atoms with Gasteiger partial charge in [0.25, 0.3) is 5.91 Å². The average Bonchev–Trinajstić information content (AvgIpc) is 2.36. The van der Waals surface area contributed by atoms with E-state index < -0.39 is 0 Å². The summed E-state index contributed by atoms with van der Waals surface area (Å²) in [6, 6.07) is 6.89. The number of benzene rings is 1. The van der Waals surface area contributed by atoms with E-state index >= 15 is 0 Å². The molecule has 90 valence electrons. The number of amides is 1. The smallest absolute Gasteiger partial charge is 0.256 e. The monoisotopic (exact) mass is 231 g/mol. The zero-order valence-electron chi connectivity index (χ0n) is 10.2. The molecule has 17 heavy (non-hydrogen) atoms. The highest BCUT2D eigenvalue weighted by Crippen LogP contribution is 2.17. The summed E-state index contributed by atoms with van der Waals surface area (Å²) in [5.41, 5.74) is 0.517. The quantitative estimate of drug-likeness (QED) is 0.789. The number of nitrogens with one attached hydrogen (secondary N) is 1. The third kappa shape index (κ3) is 3.53. The van der Waals surface area contributed by atoms with Crippen LogP contribution in [0.4, 0.5) is 0 Å². The van der Waals surface area contributed by atoms with E-state index in [0.29, 0.717) is 24.3 Å². The first-order valence-electron chi connectivity index (χ1n) is 5.71. The maximum atomic E-state index is 12.0. The Morgan fingerprint density at radius 3 is 2.76 bits per heavy atom. The maximum Gasteiger partial charge on any atom is 0.256 e. The molecule has 0 spiro atoms. The van der Waals surface area contributed by atoms with Crippen molar-refractivity contribution in [1.29, 1.82) is 0 Å². The molecular formula is C14H17NO2. The van der Waals surface area contributed by atoms with E-state index in [1.165, 1.54) is 0 Å². The Hall–Kier alpha value is -1.95. The van der Waals surface area contributed by atoms with E-state index in [2.05, 4.69) is 11.2 Å². The highest BCUT2D eigenvalue weighted by molar-refractivity contribution is 5.97. The lowest BCUT2D eigenvalue weighted by Gasteiger charge is -2.13. The Labute approximate surface area is 102 Å². The van der Waals surface area contributed by atoms with Gasteiger partial charge in [0.1, 0.15) is 5.75 Å². The van der Waals surface area contributed by atoms with Crippen LogP contribution in [0, 0.1) is 12.3 Å². The molecule has 1 unspecified atom stereocenters. The van der Waals surface area contributed by atoms with Gasteiger partial charge in [-0.2, -0.15) is 0 Å². The molecule has 0 aliphatic carbocycles. The normalized spacial score (nSPS) is 11.4. The zero-order chi connectivity index (χ0) is 12.7. The minimum absolute atomic E-state index is 0.196. The maximum absolute atomic E-state index is 12.0. The van der Waals surface area contributed by atoms with Gasteiger partial charge in [-0.25, -0.2) is 0 Å². The number of rotatable bonds is 5. The fourth-order valence-electron chi connectivity index (χ4n) is 1.43. The van der Waals surface area contributed by atoms with Crippen molar-refractivity contribution in [2.45, 2.75) is 26.3 Å². The van der Waals surface area contributed by atoms with Gasteiger partial charge in [-0.15, -0.1) is 6.42 Å². The lowest BCUT2D eigenvalue weighted by molar-refractivity contribution is 0.0941. The van der Waals surface area contributed by atoms with E-state index in [4.69, 9.17) is 11.2 Å². The predicted molar refractivity (Wildman–Crippen MR) is 68.0 cm³/mol. The van der Waals surface area contributed by atoms with Gasteiger partial charge in [-0.3, -0.25) is 4.79 Å². The molecule has 0 fully saturated rings. The number of para-hydroxylation sites is 1. The third-order valence-corrected chi connectivity index (χ3v) is 2.35. The van der Waals surface area contributed by atoms with Crippen LogP contribution >= 0.6 is 0 Å². The molecule has 0 aromatic heterocycles. The van der Waals surface area contributed by atoms with Crippen LogP contribution in [0.3, 0.4) is 0 Å². The first kappa shape index (κ1) is 13.1. The van der Waals surface area contributed by atoms with Gasteiger partial charge in [0, 0.05) is 0 Å². The first-order chi connectivity index (χ1) is 8.22. The minimum atomic E-state index is -0.239. The van der Waals surface area contributed by atoms with Crippen LogP contribution in [0.15, 0.2) is 24.3 Å². The predicted octanol–water partition coefficient (Wildman–Crippen LogP) is 2.23. The number of hydrogen-bond acceptors (Lipinski definition) is 2. The number of terminal acetylenes is 1. The highest BCUT2D eigenvalue weighted by Gasteiger charge is 2.14. The molecule has 0 bridgehead atoms. The van der Waals surface area contributed by atoms with Gasteiger partial charge in [-0.05, 0) is 25.5 Å². The highest BCUT2D eigenvalue weighted by atomic mass is 16.5. The van der Waals surface area contributed by atoms with Crippen LogP contribution in [-0.2, 0) is 0 Å². The van der Waals surface area contributed by atoms with Crippen LogP contribution in [0.2, 0.25) is 0 Å².